The molecule has 0 aromatic heterocycles. The van der Waals surface area contributed by atoms with Crippen molar-refractivity contribution in [2.75, 3.05) is 6.61 Å². The molecule has 1 aromatic carbocycles. The zero-order chi connectivity index (χ0) is 17.3. The van der Waals surface area contributed by atoms with Crippen LogP contribution in [0.2, 0.25) is 0 Å². The quantitative estimate of drug-likeness (QED) is 0.733. The van der Waals surface area contributed by atoms with E-state index in [2.05, 4.69) is 5.32 Å². The van der Waals surface area contributed by atoms with Gasteiger partial charge in [0.15, 0.2) is 0 Å². The Morgan fingerprint density at radius 2 is 1.87 bits per heavy atom. The van der Waals surface area contributed by atoms with Crippen LogP contribution in [0.4, 0.5) is 0 Å². The van der Waals surface area contributed by atoms with Gasteiger partial charge in [0.05, 0.1) is 5.60 Å². The van der Waals surface area contributed by atoms with E-state index in [0.29, 0.717) is 19.4 Å². The molecule has 1 aromatic rings. The number of benzene rings is 1. The van der Waals surface area contributed by atoms with Crippen LogP contribution in [0.5, 0.6) is 0 Å². The van der Waals surface area contributed by atoms with Crippen molar-refractivity contribution < 1.29 is 19.4 Å². The number of hydrogen-bond acceptors (Lipinski definition) is 3. The average Bonchev–Trinajstić information content (AvgIpc) is 2.46. The van der Waals surface area contributed by atoms with Gasteiger partial charge < -0.3 is 15.2 Å². The van der Waals surface area contributed by atoms with Gasteiger partial charge in [0.2, 0.25) is 5.91 Å². The van der Waals surface area contributed by atoms with E-state index >= 15 is 0 Å². The van der Waals surface area contributed by atoms with Crippen LogP contribution in [-0.2, 0) is 20.7 Å². The summed E-state index contributed by atoms with van der Waals surface area (Å²) in [4.78, 5) is 23.1. The molecule has 5 nitrogen and oxygen atoms in total. The maximum atomic E-state index is 11.9. The van der Waals surface area contributed by atoms with Crippen molar-refractivity contribution in [2.45, 2.75) is 58.1 Å². The zero-order valence-corrected chi connectivity index (χ0v) is 14.2. The largest absolute Gasteiger partial charge is 0.480 e. The van der Waals surface area contributed by atoms with E-state index in [1.165, 1.54) is 5.56 Å². The van der Waals surface area contributed by atoms with Crippen molar-refractivity contribution in [2.24, 2.45) is 0 Å². The standard InChI is InChI=1S/C18H27NO4/c1-18(2,3)23-13-12-15(17(21)22)19-16(20)11-7-10-14-8-5-4-6-9-14/h4-6,8-9,15H,7,10-13H2,1-3H3,(H,19,20)(H,21,22). The molecule has 0 radical (unpaired) electrons. The summed E-state index contributed by atoms with van der Waals surface area (Å²) in [5, 5.41) is 11.8. The fourth-order valence-electron chi connectivity index (χ4n) is 2.10. The van der Waals surface area contributed by atoms with Crippen LogP contribution in [0, 0.1) is 0 Å². The van der Waals surface area contributed by atoms with Crippen LogP contribution in [0.3, 0.4) is 0 Å². The van der Waals surface area contributed by atoms with Gasteiger partial charge in [0, 0.05) is 19.4 Å². The van der Waals surface area contributed by atoms with Crippen LogP contribution in [0.25, 0.3) is 0 Å². The highest BCUT2D eigenvalue weighted by Crippen LogP contribution is 2.09. The first-order valence-corrected chi connectivity index (χ1v) is 7.98. The van der Waals surface area contributed by atoms with Crippen LogP contribution in [0.15, 0.2) is 30.3 Å². The SMILES string of the molecule is CC(C)(C)OCCC(NC(=O)CCCc1ccccc1)C(=O)O. The maximum Gasteiger partial charge on any atom is 0.326 e. The van der Waals surface area contributed by atoms with Crippen LogP contribution in [-0.4, -0.2) is 35.2 Å². The highest BCUT2D eigenvalue weighted by molar-refractivity contribution is 5.83. The molecular weight excluding hydrogens is 294 g/mol. The number of carbonyl (C=O) groups is 2. The maximum absolute atomic E-state index is 11.9. The number of carboxylic acid groups (broad SMARTS) is 1. The molecule has 1 rings (SSSR count). The number of carbonyl (C=O) groups excluding carboxylic acids is 1. The molecule has 0 heterocycles. The fraction of sp³-hybridized carbons (Fsp3) is 0.556. The number of ether oxygens (including phenoxy) is 1. The fourth-order valence-corrected chi connectivity index (χ4v) is 2.10. The molecule has 128 valence electrons. The molecule has 0 saturated carbocycles. The Labute approximate surface area is 138 Å². The number of amides is 1. The van der Waals surface area contributed by atoms with Crippen molar-refractivity contribution in [1.82, 2.24) is 5.32 Å². The predicted molar refractivity (Wildman–Crippen MR) is 89.3 cm³/mol. The molecule has 1 amide bonds. The molecule has 23 heavy (non-hydrogen) atoms. The predicted octanol–water partition coefficient (Wildman–Crippen LogP) is 2.78. The molecule has 2 N–H and O–H groups in total. The zero-order valence-electron chi connectivity index (χ0n) is 14.2. The lowest BCUT2D eigenvalue weighted by Crippen LogP contribution is -2.42. The molecule has 0 saturated heterocycles. The molecule has 0 aliphatic rings. The summed E-state index contributed by atoms with van der Waals surface area (Å²) in [5.41, 5.74) is 0.858. The lowest BCUT2D eigenvalue weighted by Gasteiger charge is -2.21. The van der Waals surface area contributed by atoms with Gasteiger partial charge in [-0.25, -0.2) is 4.79 Å². The first-order valence-electron chi connectivity index (χ1n) is 7.98. The third kappa shape index (κ3) is 8.98. The van der Waals surface area contributed by atoms with Gasteiger partial charge in [-0.1, -0.05) is 30.3 Å². The lowest BCUT2D eigenvalue weighted by molar-refractivity contribution is -0.142. The summed E-state index contributed by atoms with van der Waals surface area (Å²) in [6.45, 7) is 6.02. The smallest absolute Gasteiger partial charge is 0.326 e. The Kier molecular flexibility index (Phi) is 7.75. The third-order valence-corrected chi connectivity index (χ3v) is 3.29. The number of rotatable bonds is 9. The molecular formula is C18H27NO4. The number of nitrogens with one attached hydrogen (secondary N) is 1. The van der Waals surface area contributed by atoms with E-state index in [9.17, 15) is 14.7 Å². The minimum atomic E-state index is -1.03. The second kappa shape index (κ2) is 9.30. The highest BCUT2D eigenvalue weighted by atomic mass is 16.5. The lowest BCUT2D eigenvalue weighted by atomic mass is 10.1. The van der Waals surface area contributed by atoms with Gasteiger partial charge in [-0.05, 0) is 39.2 Å². The monoisotopic (exact) mass is 321 g/mol. The Morgan fingerprint density at radius 1 is 1.22 bits per heavy atom. The van der Waals surface area contributed by atoms with Gasteiger partial charge in [0.1, 0.15) is 6.04 Å². The average molecular weight is 321 g/mol. The Bertz CT molecular complexity index is 493. The van der Waals surface area contributed by atoms with Gasteiger partial charge in [0.25, 0.3) is 0 Å². The molecule has 0 bridgehead atoms. The Morgan fingerprint density at radius 3 is 2.43 bits per heavy atom. The van der Waals surface area contributed by atoms with Crippen LogP contribution in [0.1, 0.15) is 45.6 Å². The first kappa shape index (κ1) is 19.2. The molecule has 0 fully saturated rings. The normalized spacial score (nSPS) is 12.7. The summed E-state index contributed by atoms with van der Waals surface area (Å²) in [5.74, 6) is -1.26. The summed E-state index contributed by atoms with van der Waals surface area (Å²) in [6, 6.07) is 9.01. The van der Waals surface area contributed by atoms with E-state index in [-0.39, 0.29) is 17.9 Å². The second-order valence-corrected chi connectivity index (χ2v) is 6.55. The minimum Gasteiger partial charge on any atom is -0.480 e. The molecule has 0 aliphatic heterocycles. The number of aliphatic carboxylic acids is 1. The molecule has 0 aliphatic carbocycles. The van der Waals surface area contributed by atoms with E-state index in [1.807, 2.05) is 51.1 Å². The molecule has 5 heteroatoms. The van der Waals surface area contributed by atoms with E-state index in [4.69, 9.17) is 4.74 Å². The van der Waals surface area contributed by atoms with Gasteiger partial charge in [-0.2, -0.15) is 0 Å². The first-order chi connectivity index (χ1) is 10.8. The van der Waals surface area contributed by atoms with Crippen molar-refractivity contribution in [1.29, 1.82) is 0 Å². The van der Waals surface area contributed by atoms with E-state index in [0.717, 1.165) is 6.42 Å². The van der Waals surface area contributed by atoms with Gasteiger partial charge in [-0.15, -0.1) is 0 Å². The summed E-state index contributed by atoms with van der Waals surface area (Å²) in [6.07, 6.45) is 2.08. The third-order valence-electron chi connectivity index (χ3n) is 3.29. The highest BCUT2D eigenvalue weighted by Gasteiger charge is 2.20. The van der Waals surface area contributed by atoms with E-state index < -0.39 is 12.0 Å². The number of hydrogen-bond donors (Lipinski definition) is 2. The Balaban J connectivity index is 2.32. The summed E-state index contributed by atoms with van der Waals surface area (Å²) < 4.78 is 5.52. The molecule has 1 unspecified atom stereocenters. The van der Waals surface area contributed by atoms with Gasteiger partial charge >= 0.3 is 5.97 Å². The van der Waals surface area contributed by atoms with Crippen LogP contribution < -0.4 is 5.32 Å². The van der Waals surface area contributed by atoms with Crippen molar-refractivity contribution in [3.05, 3.63) is 35.9 Å². The summed E-state index contributed by atoms with van der Waals surface area (Å²) in [7, 11) is 0. The van der Waals surface area contributed by atoms with Crippen molar-refractivity contribution in [3.63, 3.8) is 0 Å². The van der Waals surface area contributed by atoms with Gasteiger partial charge in [-0.3, -0.25) is 4.79 Å². The summed E-state index contributed by atoms with van der Waals surface area (Å²) >= 11 is 0. The Hall–Kier alpha value is -1.88. The molecule has 0 spiro atoms. The number of aryl methyl sites for hydroxylation is 1. The molecule has 1 atom stereocenters. The van der Waals surface area contributed by atoms with E-state index in [1.54, 1.807) is 0 Å². The minimum absolute atomic E-state index is 0.232. The topological polar surface area (TPSA) is 75.6 Å². The number of carboxylic acids is 1. The van der Waals surface area contributed by atoms with Crippen molar-refractivity contribution >= 4 is 11.9 Å². The van der Waals surface area contributed by atoms with Crippen molar-refractivity contribution in [3.8, 4) is 0 Å². The second-order valence-electron chi connectivity index (χ2n) is 6.55. The van der Waals surface area contributed by atoms with Crippen LogP contribution >= 0.6 is 0 Å².